The Kier molecular flexibility index (Phi) is 51.7. The molecule has 0 amide bonds. The van der Waals surface area contributed by atoms with Crippen LogP contribution in [0.25, 0.3) is 0 Å². The van der Waals surface area contributed by atoms with Gasteiger partial charge in [-0.3, -0.25) is 0 Å². The first-order valence-electron chi connectivity index (χ1n) is 1.11. The Morgan fingerprint density at radius 2 is 0.900 bits per heavy atom. The van der Waals surface area contributed by atoms with Crippen molar-refractivity contribution in [2.75, 3.05) is 0 Å². The van der Waals surface area contributed by atoms with Gasteiger partial charge in [0.25, 0.3) is 0 Å². The van der Waals surface area contributed by atoms with E-state index in [1.54, 1.807) is 0 Å². The first-order valence-corrected chi connectivity index (χ1v) is 1.11. The van der Waals surface area contributed by atoms with Crippen LogP contribution in [0.2, 0.25) is 0 Å². The third-order valence-corrected chi connectivity index (χ3v) is 0.183. The number of aliphatic carboxylic acids is 2. The monoisotopic (exact) mass is 142 g/mol. The van der Waals surface area contributed by atoms with E-state index in [-0.39, 0.29) is 48.7 Å². The third kappa shape index (κ3) is 24.4. The molecule has 0 aliphatic carbocycles. The SMILES string of the molecule is O.O.O=C(O)C(=O)O.[LiH].[LiH]. The number of hydrogen-bond donors (Lipinski definition) is 2. The molecular weight excluding hydrogens is 134 g/mol. The van der Waals surface area contributed by atoms with Gasteiger partial charge in [0.05, 0.1) is 0 Å². The van der Waals surface area contributed by atoms with Crippen LogP contribution in [0.3, 0.4) is 0 Å². The van der Waals surface area contributed by atoms with Crippen LogP contribution in [0.4, 0.5) is 0 Å². The summed E-state index contributed by atoms with van der Waals surface area (Å²) < 4.78 is 0. The molecule has 6 nitrogen and oxygen atoms in total. The summed E-state index contributed by atoms with van der Waals surface area (Å²) in [5.41, 5.74) is 0. The number of rotatable bonds is 0. The van der Waals surface area contributed by atoms with Crippen molar-refractivity contribution in [3.63, 3.8) is 0 Å². The van der Waals surface area contributed by atoms with E-state index in [0.29, 0.717) is 0 Å². The average Bonchev–Trinajstić information content (AvgIpc) is 1.36. The fourth-order valence-electron chi connectivity index (χ4n) is 0. The predicted octanol–water partition coefficient (Wildman–Crippen LogP) is -3.79. The van der Waals surface area contributed by atoms with Gasteiger partial charge in [-0.25, -0.2) is 9.59 Å². The second-order valence-electron chi connectivity index (χ2n) is 0.610. The van der Waals surface area contributed by atoms with Crippen molar-refractivity contribution in [3.05, 3.63) is 0 Å². The normalized spacial score (nSPS) is 4.40. The fraction of sp³-hybridized carbons (Fsp3) is 0. The summed E-state index contributed by atoms with van der Waals surface area (Å²) in [4.78, 5) is 18.2. The predicted molar refractivity (Wildman–Crippen MR) is 36.8 cm³/mol. The third-order valence-electron chi connectivity index (χ3n) is 0.183. The van der Waals surface area contributed by atoms with Gasteiger partial charge in [0.2, 0.25) is 0 Å². The molecule has 0 radical (unpaired) electrons. The Morgan fingerprint density at radius 3 is 0.900 bits per heavy atom. The Bertz CT molecular complexity index is 79.7. The Labute approximate surface area is 80.6 Å². The van der Waals surface area contributed by atoms with Gasteiger partial charge in [0.1, 0.15) is 0 Å². The molecule has 6 N–H and O–H groups in total. The summed E-state index contributed by atoms with van der Waals surface area (Å²) in [6.07, 6.45) is 0. The van der Waals surface area contributed by atoms with Crippen LogP contribution in [0.15, 0.2) is 0 Å². The quantitative estimate of drug-likeness (QED) is 0.264. The number of carbonyl (C=O) groups is 2. The van der Waals surface area contributed by atoms with Crippen molar-refractivity contribution in [2.24, 2.45) is 0 Å². The van der Waals surface area contributed by atoms with E-state index < -0.39 is 11.9 Å². The van der Waals surface area contributed by atoms with Gasteiger partial charge < -0.3 is 21.2 Å². The topological polar surface area (TPSA) is 138 Å². The second kappa shape index (κ2) is 16.0. The van der Waals surface area contributed by atoms with Crippen molar-refractivity contribution in [2.45, 2.75) is 0 Å². The summed E-state index contributed by atoms with van der Waals surface area (Å²) in [7, 11) is 0. The van der Waals surface area contributed by atoms with E-state index in [0.717, 1.165) is 0 Å². The van der Waals surface area contributed by atoms with Crippen molar-refractivity contribution in [3.8, 4) is 0 Å². The summed E-state index contributed by atoms with van der Waals surface area (Å²) in [6, 6.07) is 0. The molecule has 0 bridgehead atoms. The van der Waals surface area contributed by atoms with Crippen LogP contribution in [0.1, 0.15) is 0 Å². The minimum absolute atomic E-state index is 0. The molecule has 0 heterocycles. The molecule has 0 aromatic rings. The summed E-state index contributed by atoms with van der Waals surface area (Å²) in [6.45, 7) is 0. The second-order valence-corrected chi connectivity index (χ2v) is 0.610. The van der Waals surface area contributed by atoms with Crippen molar-refractivity contribution in [1.82, 2.24) is 0 Å². The van der Waals surface area contributed by atoms with Crippen LogP contribution in [0.5, 0.6) is 0 Å². The van der Waals surface area contributed by atoms with Crippen LogP contribution in [0, 0.1) is 0 Å². The van der Waals surface area contributed by atoms with Crippen LogP contribution in [-0.2, 0) is 9.59 Å². The molecule has 54 valence electrons. The zero-order valence-electron chi connectivity index (χ0n) is 3.71. The Morgan fingerprint density at radius 1 is 0.800 bits per heavy atom. The van der Waals surface area contributed by atoms with Crippen molar-refractivity contribution in [1.29, 1.82) is 0 Å². The molecule has 0 aliphatic rings. The Hall–Kier alpha value is 0.0548. The first kappa shape index (κ1) is 32.3. The van der Waals surface area contributed by atoms with Gasteiger partial charge in [0.15, 0.2) is 0 Å². The molecule has 0 fully saturated rings. The first-order chi connectivity index (χ1) is 2.64. The molecule has 0 saturated heterocycles. The molecule has 8 heteroatoms. The molecule has 10 heavy (non-hydrogen) atoms. The average molecular weight is 142 g/mol. The van der Waals surface area contributed by atoms with E-state index in [2.05, 4.69) is 0 Å². The molecule has 0 rings (SSSR count). The van der Waals surface area contributed by atoms with Crippen LogP contribution < -0.4 is 0 Å². The van der Waals surface area contributed by atoms with Gasteiger partial charge >= 0.3 is 49.7 Å². The molecule has 0 atom stereocenters. The van der Waals surface area contributed by atoms with E-state index >= 15 is 0 Å². The van der Waals surface area contributed by atoms with Crippen molar-refractivity contribution < 1.29 is 30.8 Å². The summed E-state index contributed by atoms with van der Waals surface area (Å²) in [5, 5.41) is 14.8. The maximum atomic E-state index is 9.10. The molecule has 0 spiro atoms. The fourth-order valence-corrected chi connectivity index (χ4v) is 0. The van der Waals surface area contributed by atoms with Gasteiger partial charge in [-0.1, -0.05) is 0 Å². The van der Waals surface area contributed by atoms with E-state index in [4.69, 9.17) is 19.8 Å². The van der Waals surface area contributed by atoms with E-state index in [1.165, 1.54) is 0 Å². The van der Waals surface area contributed by atoms with E-state index in [1.807, 2.05) is 0 Å². The van der Waals surface area contributed by atoms with Crippen molar-refractivity contribution >= 4 is 49.7 Å². The maximum absolute atomic E-state index is 9.10. The zero-order valence-corrected chi connectivity index (χ0v) is 3.71. The van der Waals surface area contributed by atoms with Crippen LogP contribution in [-0.4, -0.2) is 70.8 Å². The number of hydrogen-bond acceptors (Lipinski definition) is 2. The minimum atomic E-state index is -1.82. The molecule has 0 saturated carbocycles. The van der Waals surface area contributed by atoms with Gasteiger partial charge in [0, 0.05) is 0 Å². The molecule has 0 aromatic carbocycles. The van der Waals surface area contributed by atoms with Gasteiger partial charge in [-0.05, 0) is 0 Å². The van der Waals surface area contributed by atoms with E-state index in [9.17, 15) is 0 Å². The standard InChI is InChI=1S/C2H2O4.2Li.2H2O.2H/c3-1(4)2(5)6;;;;;;/h(H,3,4)(H,5,6);;;2*1H2;;. The number of carboxylic acid groups (broad SMARTS) is 2. The molecule has 0 unspecified atom stereocenters. The van der Waals surface area contributed by atoms with Gasteiger partial charge in [-0.15, -0.1) is 0 Å². The Balaban J connectivity index is -0.0000000208. The number of carboxylic acids is 2. The summed E-state index contributed by atoms with van der Waals surface area (Å²) in [5.74, 6) is -3.65. The molecular formula is C2H8Li2O6. The van der Waals surface area contributed by atoms with Gasteiger partial charge in [-0.2, -0.15) is 0 Å². The molecule has 0 aliphatic heterocycles. The van der Waals surface area contributed by atoms with Crippen LogP contribution >= 0.6 is 0 Å². The zero-order chi connectivity index (χ0) is 5.15. The molecule has 0 aromatic heterocycles. The summed E-state index contributed by atoms with van der Waals surface area (Å²) >= 11 is 0.